The lowest BCUT2D eigenvalue weighted by molar-refractivity contribution is -0.147. The first kappa shape index (κ1) is 20.0. The lowest BCUT2D eigenvalue weighted by Gasteiger charge is -2.08. The molecule has 7 heteroatoms. The van der Waals surface area contributed by atoms with Gasteiger partial charge >= 0.3 is 5.97 Å². The maximum Gasteiger partial charge on any atom is 0.325 e. The number of amides is 2. The van der Waals surface area contributed by atoms with Crippen LogP contribution >= 0.6 is 0 Å². The molecule has 0 unspecified atom stereocenters. The minimum absolute atomic E-state index is 0.326. The van der Waals surface area contributed by atoms with Crippen molar-refractivity contribution in [2.24, 2.45) is 0 Å². The summed E-state index contributed by atoms with van der Waals surface area (Å²) in [6.07, 6.45) is 0.692. The van der Waals surface area contributed by atoms with Gasteiger partial charge in [0.05, 0.1) is 7.11 Å². The predicted molar refractivity (Wildman–Crippen MR) is 99.4 cm³/mol. The summed E-state index contributed by atoms with van der Waals surface area (Å²) in [5, 5.41) is 5.11. The number of rotatable bonds is 9. The molecule has 0 bridgehead atoms. The molecule has 0 spiro atoms. The number of benzene rings is 2. The highest BCUT2D eigenvalue weighted by Crippen LogP contribution is 2.12. The number of hydrogen-bond donors (Lipinski definition) is 2. The summed E-state index contributed by atoms with van der Waals surface area (Å²) in [4.78, 5) is 35.3. The van der Waals surface area contributed by atoms with Gasteiger partial charge in [-0.3, -0.25) is 14.4 Å². The van der Waals surface area contributed by atoms with Crippen molar-refractivity contribution >= 4 is 17.8 Å². The van der Waals surface area contributed by atoms with Crippen LogP contribution in [0.5, 0.6) is 5.75 Å². The van der Waals surface area contributed by atoms with Crippen molar-refractivity contribution in [1.29, 1.82) is 0 Å². The van der Waals surface area contributed by atoms with Crippen LogP contribution in [0.3, 0.4) is 0 Å². The second-order valence-electron chi connectivity index (χ2n) is 5.66. The highest BCUT2D eigenvalue weighted by Gasteiger charge is 2.11. The third-order valence-electron chi connectivity index (χ3n) is 3.67. The van der Waals surface area contributed by atoms with Crippen LogP contribution in [0.4, 0.5) is 0 Å². The van der Waals surface area contributed by atoms with Crippen molar-refractivity contribution in [3.05, 3.63) is 65.7 Å². The third kappa shape index (κ3) is 7.19. The Bertz CT molecular complexity index is 777. The van der Waals surface area contributed by atoms with E-state index in [1.807, 2.05) is 30.3 Å². The first-order chi connectivity index (χ1) is 13.1. The number of carbonyl (C=O) groups is 3. The van der Waals surface area contributed by atoms with Gasteiger partial charge < -0.3 is 20.1 Å². The lowest BCUT2D eigenvalue weighted by atomic mass is 10.1. The Labute approximate surface area is 157 Å². The van der Waals surface area contributed by atoms with Crippen molar-refractivity contribution < 1.29 is 23.9 Å². The maximum absolute atomic E-state index is 12.0. The second kappa shape index (κ2) is 10.6. The van der Waals surface area contributed by atoms with Gasteiger partial charge in [-0.1, -0.05) is 36.4 Å². The van der Waals surface area contributed by atoms with Gasteiger partial charge in [-0.2, -0.15) is 0 Å². The van der Waals surface area contributed by atoms with Crippen molar-refractivity contribution in [2.45, 2.75) is 6.42 Å². The van der Waals surface area contributed by atoms with Crippen molar-refractivity contribution in [2.75, 3.05) is 26.8 Å². The van der Waals surface area contributed by atoms with E-state index in [-0.39, 0.29) is 13.2 Å². The van der Waals surface area contributed by atoms with E-state index in [1.165, 1.54) is 7.11 Å². The Hall–Kier alpha value is -3.35. The van der Waals surface area contributed by atoms with E-state index >= 15 is 0 Å². The molecule has 2 rings (SSSR count). The fraction of sp³-hybridized carbons (Fsp3) is 0.250. The minimum Gasteiger partial charge on any atom is -0.497 e. The molecule has 0 fully saturated rings. The molecule has 27 heavy (non-hydrogen) atoms. The average Bonchev–Trinajstić information content (AvgIpc) is 2.71. The molecule has 0 aromatic heterocycles. The van der Waals surface area contributed by atoms with Crippen LogP contribution in [-0.2, 0) is 20.7 Å². The van der Waals surface area contributed by atoms with Crippen LogP contribution in [0, 0.1) is 0 Å². The van der Waals surface area contributed by atoms with Crippen molar-refractivity contribution in [3.63, 3.8) is 0 Å². The molecule has 2 N–H and O–H groups in total. The van der Waals surface area contributed by atoms with Crippen molar-refractivity contribution in [1.82, 2.24) is 10.6 Å². The van der Waals surface area contributed by atoms with Gasteiger partial charge in [0, 0.05) is 12.1 Å². The quantitative estimate of drug-likeness (QED) is 0.650. The summed E-state index contributed by atoms with van der Waals surface area (Å²) < 4.78 is 9.89. The Morgan fingerprint density at radius 1 is 0.963 bits per heavy atom. The molecule has 7 nitrogen and oxygen atoms in total. The first-order valence-corrected chi connectivity index (χ1v) is 8.47. The molecule has 0 aliphatic heterocycles. The molecular formula is C20H22N2O5. The molecule has 2 aromatic carbocycles. The van der Waals surface area contributed by atoms with Gasteiger partial charge in [-0.25, -0.2) is 0 Å². The van der Waals surface area contributed by atoms with Crippen LogP contribution < -0.4 is 15.4 Å². The summed E-state index contributed by atoms with van der Waals surface area (Å²) in [7, 11) is 1.50. The minimum atomic E-state index is -0.690. The predicted octanol–water partition coefficient (Wildman–Crippen LogP) is 1.33. The molecule has 2 amide bonds. The Balaban J connectivity index is 1.63. The molecule has 2 aromatic rings. The molecule has 0 radical (unpaired) electrons. The first-order valence-electron chi connectivity index (χ1n) is 8.47. The molecule has 0 aliphatic carbocycles. The van der Waals surface area contributed by atoms with Crippen LogP contribution in [0.1, 0.15) is 15.9 Å². The van der Waals surface area contributed by atoms with E-state index in [4.69, 9.17) is 9.47 Å². The van der Waals surface area contributed by atoms with Crippen LogP contribution in [0.25, 0.3) is 0 Å². The lowest BCUT2D eigenvalue weighted by Crippen LogP contribution is -2.34. The van der Waals surface area contributed by atoms with Crippen molar-refractivity contribution in [3.8, 4) is 5.75 Å². The highest BCUT2D eigenvalue weighted by molar-refractivity contribution is 5.96. The molecule has 0 atom stereocenters. The van der Waals surface area contributed by atoms with Crippen LogP contribution in [0.15, 0.2) is 54.6 Å². The normalized spacial score (nSPS) is 9.96. The summed E-state index contributed by atoms with van der Waals surface area (Å²) >= 11 is 0. The van der Waals surface area contributed by atoms with E-state index in [0.717, 1.165) is 5.56 Å². The number of nitrogens with one attached hydrogen (secondary N) is 2. The molecular weight excluding hydrogens is 348 g/mol. The zero-order chi connectivity index (χ0) is 19.5. The standard InChI is InChI=1S/C20H22N2O5/c1-26-17-9-5-8-16(12-17)20(25)22-13-19(24)27-14-18(23)21-11-10-15-6-3-2-4-7-15/h2-9,12H,10-11,13-14H2,1H3,(H,21,23)(H,22,25). The van der Waals surface area contributed by atoms with Gasteiger partial charge in [0.2, 0.25) is 0 Å². The molecule has 0 heterocycles. The molecule has 0 aliphatic rings. The topological polar surface area (TPSA) is 93.7 Å². The van der Waals surface area contributed by atoms with E-state index < -0.39 is 17.8 Å². The number of carbonyl (C=O) groups excluding carboxylic acids is 3. The summed E-state index contributed by atoms with van der Waals surface area (Å²) in [6.45, 7) is -0.261. The number of methoxy groups -OCH3 is 1. The van der Waals surface area contributed by atoms with Crippen LogP contribution in [0.2, 0.25) is 0 Å². The third-order valence-corrected chi connectivity index (χ3v) is 3.67. The number of ether oxygens (including phenoxy) is 2. The summed E-state index contributed by atoms with van der Waals surface area (Å²) in [5.74, 6) is -0.974. The molecule has 0 saturated heterocycles. The van der Waals surface area contributed by atoms with E-state index in [1.54, 1.807) is 24.3 Å². The number of hydrogen-bond acceptors (Lipinski definition) is 5. The molecule has 142 valence electrons. The van der Waals surface area contributed by atoms with E-state index in [2.05, 4.69) is 10.6 Å². The Morgan fingerprint density at radius 2 is 1.74 bits per heavy atom. The average molecular weight is 370 g/mol. The second-order valence-corrected chi connectivity index (χ2v) is 5.66. The zero-order valence-corrected chi connectivity index (χ0v) is 15.1. The Morgan fingerprint density at radius 3 is 2.48 bits per heavy atom. The van der Waals surface area contributed by atoms with Gasteiger partial charge in [-0.05, 0) is 30.2 Å². The Kier molecular flexibility index (Phi) is 7.84. The number of esters is 1. The van der Waals surface area contributed by atoms with Gasteiger partial charge in [0.15, 0.2) is 6.61 Å². The molecule has 0 saturated carbocycles. The van der Waals surface area contributed by atoms with Gasteiger partial charge in [0.25, 0.3) is 11.8 Å². The monoisotopic (exact) mass is 370 g/mol. The van der Waals surface area contributed by atoms with Crippen LogP contribution in [-0.4, -0.2) is 44.6 Å². The van der Waals surface area contributed by atoms with Gasteiger partial charge in [-0.15, -0.1) is 0 Å². The zero-order valence-electron chi connectivity index (χ0n) is 15.1. The smallest absolute Gasteiger partial charge is 0.325 e. The van der Waals surface area contributed by atoms with E-state index in [0.29, 0.717) is 24.3 Å². The maximum atomic E-state index is 12.0. The summed E-state index contributed by atoms with van der Waals surface area (Å²) in [6, 6.07) is 16.3. The SMILES string of the molecule is COc1cccc(C(=O)NCC(=O)OCC(=O)NCCc2ccccc2)c1. The van der Waals surface area contributed by atoms with Gasteiger partial charge in [0.1, 0.15) is 12.3 Å². The highest BCUT2D eigenvalue weighted by atomic mass is 16.5. The van der Waals surface area contributed by atoms with E-state index in [9.17, 15) is 14.4 Å². The summed E-state index contributed by atoms with van der Waals surface area (Å²) in [5.41, 5.74) is 1.47. The largest absolute Gasteiger partial charge is 0.497 e. The fourth-order valence-electron chi connectivity index (χ4n) is 2.26. The fourth-order valence-corrected chi connectivity index (χ4v) is 2.26.